The predicted molar refractivity (Wildman–Crippen MR) is 45.2 cm³/mol. The van der Waals surface area contributed by atoms with Gasteiger partial charge in [0.1, 0.15) is 5.82 Å². The summed E-state index contributed by atoms with van der Waals surface area (Å²) < 4.78 is 1.79. The fourth-order valence-corrected chi connectivity index (χ4v) is 1.34. The van der Waals surface area contributed by atoms with Crippen molar-refractivity contribution in [3.05, 3.63) is 5.82 Å². The molecule has 1 aromatic heterocycles. The number of hydrogen-bond donors (Lipinski definition) is 1. The van der Waals surface area contributed by atoms with Crippen molar-refractivity contribution in [2.45, 2.75) is 11.7 Å². The number of nitrogens with zero attached hydrogens (tertiary/aromatic N) is 4. The SMILES string of the molecule is Cn1c(CN)nnc1SCC#N. The number of thioether (sulfide) groups is 1. The van der Waals surface area contributed by atoms with Crippen LogP contribution in [0.1, 0.15) is 5.82 Å². The molecule has 1 heterocycles. The molecular weight excluding hydrogens is 174 g/mol. The number of aromatic nitrogens is 3. The third-order valence-electron chi connectivity index (χ3n) is 1.37. The van der Waals surface area contributed by atoms with Crippen LogP contribution in [0.2, 0.25) is 0 Å². The summed E-state index contributed by atoms with van der Waals surface area (Å²) >= 11 is 1.36. The van der Waals surface area contributed by atoms with E-state index in [1.807, 2.05) is 13.1 Å². The zero-order valence-electron chi connectivity index (χ0n) is 6.69. The van der Waals surface area contributed by atoms with Crippen molar-refractivity contribution in [3.8, 4) is 6.07 Å². The van der Waals surface area contributed by atoms with E-state index in [4.69, 9.17) is 11.0 Å². The second-order valence-electron chi connectivity index (χ2n) is 2.11. The molecule has 12 heavy (non-hydrogen) atoms. The molecule has 0 bridgehead atoms. The molecule has 0 aliphatic carbocycles. The van der Waals surface area contributed by atoms with Crippen LogP contribution in [-0.4, -0.2) is 20.5 Å². The van der Waals surface area contributed by atoms with E-state index < -0.39 is 0 Å². The van der Waals surface area contributed by atoms with Gasteiger partial charge < -0.3 is 10.3 Å². The molecule has 0 fully saturated rings. The molecule has 0 amide bonds. The second-order valence-corrected chi connectivity index (χ2v) is 3.05. The van der Waals surface area contributed by atoms with Gasteiger partial charge in [0.25, 0.3) is 0 Å². The summed E-state index contributed by atoms with van der Waals surface area (Å²) in [6, 6.07) is 2.02. The number of nitrogens with two attached hydrogens (primary N) is 1. The molecule has 0 saturated heterocycles. The maximum atomic E-state index is 8.33. The van der Waals surface area contributed by atoms with E-state index in [0.29, 0.717) is 12.3 Å². The van der Waals surface area contributed by atoms with Gasteiger partial charge in [0, 0.05) is 7.05 Å². The van der Waals surface area contributed by atoms with E-state index >= 15 is 0 Å². The Morgan fingerprint density at radius 3 is 2.92 bits per heavy atom. The summed E-state index contributed by atoms with van der Waals surface area (Å²) in [4.78, 5) is 0. The average Bonchev–Trinajstić information content (AvgIpc) is 2.43. The van der Waals surface area contributed by atoms with E-state index in [-0.39, 0.29) is 0 Å². The molecule has 0 aliphatic heterocycles. The molecule has 0 atom stereocenters. The molecule has 64 valence electrons. The first-order chi connectivity index (χ1) is 5.79. The molecule has 0 radical (unpaired) electrons. The Balaban J connectivity index is 2.74. The second kappa shape index (κ2) is 4.09. The van der Waals surface area contributed by atoms with Gasteiger partial charge in [-0.05, 0) is 0 Å². The van der Waals surface area contributed by atoms with Gasteiger partial charge in [-0.2, -0.15) is 5.26 Å². The molecule has 0 unspecified atom stereocenters. The lowest BCUT2D eigenvalue weighted by Gasteiger charge is -1.98. The number of nitriles is 1. The predicted octanol–water partition coefficient (Wildman–Crippen LogP) is -0.111. The summed E-state index contributed by atoms with van der Waals surface area (Å²) in [6.45, 7) is 0.372. The smallest absolute Gasteiger partial charge is 0.191 e. The molecular formula is C6H9N5S. The van der Waals surface area contributed by atoms with Crippen LogP contribution in [0.15, 0.2) is 5.16 Å². The number of hydrogen-bond acceptors (Lipinski definition) is 5. The van der Waals surface area contributed by atoms with Crippen LogP contribution in [-0.2, 0) is 13.6 Å². The van der Waals surface area contributed by atoms with Gasteiger partial charge in [0.05, 0.1) is 18.4 Å². The van der Waals surface area contributed by atoms with E-state index in [1.54, 1.807) is 4.57 Å². The highest BCUT2D eigenvalue weighted by Gasteiger charge is 2.06. The van der Waals surface area contributed by atoms with Gasteiger partial charge >= 0.3 is 0 Å². The Morgan fingerprint density at radius 1 is 1.67 bits per heavy atom. The van der Waals surface area contributed by atoms with Crippen molar-refractivity contribution < 1.29 is 0 Å². The Hall–Kier alpha value is -1.06. The highest BCUT2D eigenvalue weighted by Crippen LogP contribution is 2.13. The Morgan fingerprint density at radius 2 is 2.42 bits per heavy atom. The van der Waals surface area contributed by atoms with Crippen molar-refractivity contribution in [2.24, 2.45) is 12.8 Å². The van der Waals surface area contributed by atoms with Gasteiger partial charge in [-0.25, -0.2) is 0 Å². The molecule has 0 aromatic carbocycles. The zero-order chi connectivity index (χ0) is 8.97. The summed E-state index contributed by atoms with van der Waals surface area (Å²) in [6.07, 6.45) is 0. The fraction of sp³-hybridized carbons (Fsp3) is 0.500. The van der Waals surface area contributed by atoms with Crippen LogP contribution >= 0.6 is 11.8 Å². The zero-order valence-corrected chi connectivity index (χ0v) is 7.51. The van der Waals surface area contributed by atoms with Gasteiger partial charge in [-0.1, -0.05) is 11.8 Å². The third kappa shape index (κ3) is 1.75. The molecule has 2 N–H and O–H groups in total. The molecule has 0 saturated carbocycles. The maximum Gasteiger partial charge on any atom is 0.191 e. The van der Waals surface area contributed by atoms with Crippen molar-refractivity contribution in [2.75, 3.05) is 5.75 Å². The minimum Gasteiger partial charge on any atom is -0.324 e. The third-order valence-corrected chi connectivity index (χ3v) is 2.26. The van der Waals surface area contributed by atoms with Crippen LogP contribution in [0.3, 0.4) is 0 Å². The minimum atomic E-state index is 0.372. The molecule has 5 nitrogen and oxygen atoms in total. The van der Waals surface area contributed by atoms with Crippen LogP contribution in [0.4, 0.5) is 0 Å². The van der Waals surface area contributed by atoms with Crippen LogP contribution in [0.5, 0.6) is 0 Å². The largest absolute Gasteiger partial charge is 0.324 e. The Labute approximate surface area is 74.6 Å². The summed E-state index contributed by atoms with van der Waals surface area (Å²) in [5.74, 6) is 1.12. The minimum absolute atomic E-state index is 0.372. The quantitative estimate of drug-likeness (QED) is 0.661. The highest BCUT2D eigenvalue weighted by atomic mass is 32.2. The van der Waals surface area contributed by atoms with Crippen molar-refractivity contribution >= 4 is 11.8 Å². The van der Waals surface area contributed by atoms with E-state index in [0.717, 1.165) is 11.0 Å². The molecule has 0 spiro atoms. The van der Waals surface area contributed by atoms with Gasteiger partial charge in [-0.3, -0.25) is 0 Å². The van der Waals surface area contributed by atoms with Crippen LogP contribution in [0.25, 0.3) is 0 Å². The van der Waals surface area contributed by atoms with E-state index in [2.05, 4.69) is 10.2 Å². The van der Waals surface area contributed by atoms with Crippen molar-refractivity contribution in [3.63, 3.8) is 0 Å². The van der Waals surface area contributed by atoms with Gasteiger partial charge in [-0.15, -0.1) is 10.2 Å². The summed E-state index contributed by atoms with van der Waals surface area (Å²) in [5, 5.41) is 16.8. The van der Waals surface area contributed by atoms with Gasteiger partial charge in [0.15, 0.2) is 5.16 Å². The molecule has 1 aromatic rings. The van der Waals surface area contributed by atoms with Crippen LogP contribution in [0, 0.1) is 11.3 Å². The normalized spacial score (nSPS) is 9.75. The topological polar surface area (TPSA) is 80.5 Å². The Kier molecular flexibility index (Phi) is 3.08. The lowest BCUT2D eigenvalue weighted by Crippen LogP contribution is -2.05. The van der Waals surface area contributed by atoms with Gasteiger partial charge in [0.2, 0.25) is 0 Å². The highest BCUT2D eigenvalue weighted by molar-refractivity contribution is 7.99. The Bertz CT molecular complexity index is 299. The lowest BCUT2D eigenvalue weighted by molar-refractivity contribution is 0.735. The first-order valence-corrected chi connectivity index (χ1v) is 4.36. The van der Waals surface area contributed by atoms with E-state index in [9.17, 15) is 0 Å². The van der Waals surface area contributed by atoms with Crippen molar-refractivity contribution in [1.82, 2.24) is 14.8 Å². The number of rotatable bonds is 3. The molecule has 0 aliphatic rings. The molecule has 6 heteroatoms. The van der Waals surface area contributed by atoms with Crippen LogP contribution < -0.4 is 5.73 Å². The maximum absolute atomic E-state index is 8.33. The first kappa shape index (κ1) is 9.03. The standard InChI is InChI=1S/C6H9N5S/c1-11-5(4-8)9-10-6(11)12-3-2-7/h3-4,8H2,1H3. The average molecular weight is 183 g/mol. The monoisotopic (exact) mass is 183 g/mol. The van der Waals surface area contributed by atoms with Crippen molar-refractivity contribution in [1.29, 1.82) is 5.26 Å². The molecule has 1 rings (SSSR count). The first-order valence-electron chi connectivity index (χ1n) is 3.37. The summed E-state index contributed by atoms with van der Waals surface area (Å²) in [7, 11) is 1.84. The fourth-order valence-electron chi connectivity index (χ4n) is 0.745. The van der Waals surface area contributed by atoms with E-state index in [1.165, 1.54) is 11.8 Å². The summed E-state index contributed by atoms with van der Waals surface area (Å²) in [5.41, 5.74) is 5.40. The lowest BCUT2D eigenvalue weighted by atomic mass is 10.6.